The van der Waals surface area contributed by atoms with E-state index in [0.717, 1.165) is 0 Å². The molecule has 3 aromatic rings. The maximum atomic E-state index is 5.88. The molecule has 0 saturated heterocycles. The fourth-order valence-corrected chi connectivity index (χ4v) is 2.29. The van der Waals surface area contributed by atoms with Gasteiger partial charge >= 0.3 is 0 Å². The molecule has 7 nitrogen and oxygen atoms in total. The van der Waals surface area contributed by atoms with Gasteiger partial charge in [0.2, 0.25) is 5.89 Å². The molecular weight excluding hydrogens is 264 g/mol. The van der Waals surface area contributed by atoms with Crippen LogP contribution < -0.4 is 0 Å². The average Bonchev–Trinajstić information content (AvgIpc) is 2.87. The largest absolute Gasteiger partial charge is 0.416 e. The molecule has 3 aromatic heterocycles. The zero-order valence-corrected chi connectivity index (χ0v) is 10.1. The maximum absolute atomic E-state index is 5.88. The van der Waals surface area contributed by atoms with E-state index < -0.39 is 0 Å². The Labute approximate surface area is 104 Å². The fourth-order valence-electron chi connectivity index (χ4n) is 1.24. The molecule has 0 bridgehead atoms. The molecule has 0 aliphatic heterocycles. The highest BCUT2D eigenvalue weighted by Crippen LogP contribution is 2.27. The smallest absolute Gasteiger partial charge is 0.282 e. The van der Waals surface area contributed by atoms with Gasteiger partial charge in [0.25, 0.3) is 11.0 Å². The lowest BCUT2D eigenvalue weighted by atomic mass is 10.7. The molecule has 3 rings (SSSR count). The summed E-state index contributed by atoms with van der Waals surface area (Å²) in [6.45, 7) is 1.72. The van der Waals surface area contributed by atoms with Crippen molar-refractivity contribution in [1.29, 1.82) is 0 Å². The monoisotopic (exact) mass is 268 g/mol. The minimum atomic E-state index is 0.337. The highest BCUT2D eigenvalue weighted by atomic mass is 35.5. The molecule has 3 heterocycles. The van der Waals surface area contributed by atoms with Gasteiger partial charge in [-0.2, -0.15) is 19.6 Å². The van der Waals surface area contributed by atoms with Crippen LogP contribution in [0.25, 0.3) is 5.78 Å². The molecule has 86 valence electrons. The molecule has 0 aliphatic rings. The van der Waals surface area contributed by atoms with Crippen LogP contribution in [0.3, 0.4) is 0 Å². The summed E-state index contributed by atoms with van der Waals surface area (Å²) in [4.78, 5) is 7.98. The minimum Gasteiger partial charge on any atom is -0.416 e. The molecule has 0 aromatic carbocycles. The van der Waals surface area contributed by atoms with Gasteiger partial charge in [-0.05, 0) is 11.8 Å². The third-order valence-corrected chi connectivity index (χ3v) is 2.92. The Bertz CT molecular complexity index is 680. The molecule has 0 spiro atoms. The molecular formula is C8H5ClN6OS. The lowest BCUT2D eigenvalue weighted by Gasteiger charge is -2.00. The molecule has 0 aliphatic carbocycles. The first-order chi connectivity index (χ1) is 8.22. The van der Waals surface area contributed by atoms with Crippen LogP contribution >= 0.6 is 23.4 Å². The number of halogens is 1. The summed E-state index contributed by atoms with van der Waals surface area (Å²) in [6.07, 6.45) is 1.40. The van der Waals surface area contributed by atoms with Crippen LogP contribution in [0.4, 0.5) is 0 Å². The van der Waals surface area contributed by atoms with Crippen LogP contribution in [-0.4, -0.2) is 29.8 Å². The standard InChI is InChI=1S/C8H5ClN6OS/c1-4-13-14-8(16-4)17-6-2-5(9)12-7-10-3-11-15(6)7/h2-3H,1H3. The zero-order chi connectivity index (χ0) is 11.8. The van der Waals surface area contributed by atoms with Gasteiger partial charge in [-0.25, -0.2) is 0 Å². The fraction of sp³-hybridized carbons (Fsp3) is 0.125. The first-order valence-corrected chi connectivity index (χ1v) is 5.76. The van der Waals surface area contributed by atoms with Crippen molar-refractivity contribution in [3.05, 3.63) is 23.4 Å². The van der Waals surface area contributed by atoms with Crippen LogP contribution in [0.5, 0.6) is 0 Å². The number of hydrogen-bond donors (Lipinski definition) is 0. The van der Waals surface area contributed by atoms with Crippen molar-refractivity contribution in [3.63, 3.8) is 0 Å². The van der Waals surface area contributed by atoms with Gasteiger partial charge < -0.3 is 4.42 Å². The van der Waals surface area contributed by atoms with Crippen molar-refractivity contribution >= 4 is 29.1 Å². The molecule has 0 N–H and O–H groups in total. The van der Waals surface area contributed by atoms with E-state index >= 15 is 0 Å². The quantitative estimate of drug-likeness (QED) is 0.653. The Kier molecular flexibility index (Phi) is 2.45. The van der Waals surface area contributed by atoms with E-state index in [2.05, 4.69) is 25.3 Å². The predicted molar refractivity (Wildman–Crippen MR) is 59.0 cm³/mol. The summed E-state index contributed by atoms with van der Waals surface area (Å²) in [5, 5.41) is 13.1. The van der Waals surface area contributed by atoms with E-state index in [-0.39, 0.29) is 0 Å². The van der Waals surface area contributed by atoms with Crippen molar-refractivity contribution in [1.82, 2.24) is 29.8 Å². The van der Waals surface area contributed by atoms with Crippen molar-refractivity contribution in [3.8, 4) is 0 Å². The summed E-state index contributed by atoms with van der Waals surface area (Å²) >= 11 is 7.13. The van der Waals surface area contributed by atoms with Gasteiger partial charge in [0.05, 0.1) is 0 Å². The van der Waals surface area contributed by atoms with E-state index in [0.29, 0.717) is 27.1 Å². The van der Waals surface area contributed by atoms with E-state index in [1.165, 1.54) is 18.1 Å². The highest BCUT2D eigenvalue weighted by molar-refractivity contribution is 7.99. The Hall–Kier alpha value is -1.67. The Balaban J connectivity index is 2.07. The minimum absolute atomic E-state index is 0.337. The third-order valence-electron chi connectivity index (χ3n) is 1.89. The van der Waals surface area contributed by atoms with Crippen molar-refractivity contribution in [2.45, 2.75) is 17.2 Å². The second kappa shape index (κ2) is 3.97. The topological polar surface area (TPSA) is 82.0 Å². The lowest BCUT2D eigenvalue weighted by Crippen LogP contribution is -1.95. The van der Waals surface area contributed by atoms with Crippen LogP contribution in [0.15, 0.2) is 27.1 Å². The van der Waals surface area contributed by atoms with E-state index in [4.69, 9.17) is 16.0 Å². The predicted octanol–water partition coefficient (Wildman–Crippen LogP) is 1.62. The van der Waals surface area contributed by atoms with Gasteiger partial charge in [-0.3, -0.25) is 0 Å². The summed E-state index contributed by atoms with van der Waals surface area (Å²) in [7, 11) is 0. The molecule has 0 atom stereocenters. The van der Waals surface area contributed by atoms with Gasteiger partial charge in [0.1, 0.15) is 16.5 Å². The number of aryl methyl sites for hydroxylation is 1. The number of aromatic nitrogens is 6. The first kappa shape index (κ1) is 10.5. The second-order valence-corrected chi connectivity index (χ2v) is 4.44. The molecule has 9 heteroatoms. The van der Waals surface area contributed by atoms with Crippen molar-refractivity contribution in [2.75, 3.05) is 0 Å². The lowest BCUT2D eigenvalue weighted by molar-refractivity contribution is 0.429. The van der Waals surface area contributed by atoms with Crippen LogP contribution in [0.2, 0.25) is 5.15 Å². The highest BCUT2D eigenvalue weighted by Gasteiger charge is 2.11. The number of hydrogen-bond acceptors (Lipinski definition) is 7. The Morgan fingerprint density at radius 1 is 1.41 bits per heavy atom. The number of fused-ring (bicyclic) bond motifs is 1. The van der Waals surface area contributed by atoms with Crippen molar-refractivity contribution < 1.29 is 4.42 Å². The zero-order valence-electron chi connectivity index (χ0n) is 8.53. The van der Waals surface area contributed by atoms with E-state index in [1.807, 2.05) is 0 Å². The summed E-state index contributed by atoms with van der Waals surface area (Å²) in [6, 6.07) is 1.66. The number of rotatable bonds is 2. The van der Waals surface area contributed by atoms with Crippen LogP contribution in [0, 0.1) is 6.92 Å². The molecule has 17 heavy (non-hydrogen) atoms. The first-order valence-electron chi connectivity index (χ1n) is 4.56. The molecule has 0 unspecified atom stereocenters. The average molecular weight is 269 g/mol. The van der Waals surface area contributed by atoms with Crippen LogP contribution in [-0.2, 0) is 0 Å². The molecule has 0 saturated carbocycles. The molecule has 0 radical (unpaired) electrons. The van der Waals surface area contributed by atoms with E-state index in [1.54, 1.807) is 17.5 Å². The third kappa shape index (κ3) is 1.96. The Morgan fingerprint density at radius 2 is 2.29 bits per heavy atom. The normalized spacial score (nSPS) is 11.2. The van der Waals surface area contributed by atoms with E-state index in [9.17, 15) is 0 Å². The second-order valence-electron chi connectivity index (χ2n) is 3.08. The van der Waals surface area contributed by atoms with Crippen molar-refractivity contribution in [2.24, 2.45) is 0 Å². The number of nitrogens with zero attached hydrogens (tertiary/aromatic N) is 6. The van der Waals surface area contributed by atoms with Gasteiger partial charge in [-0.1, -0.05) is 11.6 Å². The van der Waals surface area contributed by atoms with Gasteiger partial charge in [-0.15, -0.1) is 10.2 Å². The van der Waals surface area contributed by atoms with Crippen LogP contribution in [0.1, 0.15) is 5.89 Å². The SMILES string of the molecule is Cc1nnc(Sc2cc(Cl)nc3ncnn23)o1. The summed E-state index contributed by atoms with van der Waals surface area (Å²) in [5.41, 5.74) is 0. The molecule has 0 fully saturated rings. The maximum Gasteiger partial charge on any atom is 0.282 e. The summed E-state index contributed by atoms with van der Waals surface area (Å²) in [5.74, 6) is 0.929. The summed E-state index contributed by atoms with van der Waals surface area (Å²) < 4.78 is 6.82. The van der Waals surface area contributed by atoms with Gasteiger partial charge in [0, 0.05) is 13.0 Å². The van der Waals surface area contributed by atoms with Gasteiger partial charge in [0.15, 0.2) is 0 Å². The molecule has 0 amide bonds. The Morgan fingerprint density at radius 3 is 3.06 bits per heavy atom.